The maximum atomic E-state index is 12.2. The van der Waals surface area contributed by atoms with Crippen molar-refractivity contribution in [2.45, 2.75) is 38.4 Å². The van der Waals surface area contributed by atoms with Crippen LogP contribution in [0.1, 0.15) is 37.8 Å². The Morgan fingerprint density at radius 1 is 1.28 bits per heavy atom. The topological polar surface area (TPSA) is 121 Å². The molecule has 1 aromatic rings. The van der Waals surface area contributed by atoms with Crippen molar-refractivity contribution in [3.8, 4) is 5.88 Å². The number of aromatic amines is 1. The molecule has 1 saturated heterocycles. The Kier molecular flexibility index (Phi) is 7.52. The van der Waals surface area contributed by atoms with Gasteiger partial charge < -0.3 is 14.6 Å². The van der Waals surface area contributed by atoms with Crippen molar-refractivity contribution < 1.29 is 35.9 Å². The first-order valence-electron chi connectivity index (χ1n) is 8.92. The lowest BCUT2D eigenvalue weighted by atomic mass is 10.2. The number of halogens is 3. The van der Waals surface area contributed by atoms with Crippen LogP contribution in [-0.4, -0.2) is 61.9 Å². The van der Waals surface area contributed by atoms with E-state index >= 15 is 0 Å². The fourth-order valence-corrected chi connectivity index (χ4v) is 4.09. The molecule has 164 valence electrons. The third-order valence-corrected chi connectivity index (χ3v) is 5.67. The molecule has 0 aromatic carbocycles. The van der Waals surface area contributed by atoms with Crippen molar-refractivity contribution in [3.63, 3.8) is 0 Å². The number of ether oxygens (including phenoxy) is 1. The monoisotopic (exact) mass is 440 g/mol. The molecule has 1 aliphatic heterocycles. The molecule has 1 unspecified atom stereocenters. The lowest BCUT2D eigenvalue weighted by Crippen LogP contribution is -2.30. The molecule has 3 N–H and O–H groups in total. The first-order chi connectivity index (χ1) is 13.5. The van der Waals surface area contributed by atoms with Gasteiger partial charge in [-0.2, -0.15) is 13.2 Å². The molecule has 1 aromatic heterocycles. The molecule has 0 bridgehead atoms. The maximum absolute atomic E-state index is 12.2. The Labute approximate surface area is 166 Å². The zero-order chi connectivity index (χ0) is 21.7. The number of hydrogen-bond acceptors (Lipinski definition) is 5. The number of amides is 3. The van der Waals surface area contributed by atoms with Gasteiger partial charge in [0.15, 0.2) is 12.5 Å². The number of carbonyl (C=O) groups is 2. The van der Waals surface area contributed by atoms with Crippen LogP contribution in [0.4, 0.5) is 18.0 Å². The molecule has 2 rings (SSSR count). The van der Waals surface area contributed by atoms with Gasteiger partial charge in [-0.05, 0) is 25.3 Å². The molecule has 2 heterocycles. The van der Waals surface area contributed by atoms with Gasteiger partial charge >= 0.3 is 12.2 Å². The fraction of sp³-hybridized carbons (Fsp3) is 0.625. The Morgan fingerprint density at radius 2 is 2.00 bits per heavy atom. The van der Waals surface area contributed by atoms with E-state index in [4.69, 9.17) is 0 Å². The van der Waals surface area contributed by atoms with Crippen LogP contribution in [0, 0.1) is 0 Å². The number of imide groups is 1. The minimum absolute atomic E-state index is 0.0154. The van der Waals surface area contributed by atoms with Crippen LogP contribution in [0.5, 0.6) is 5.88 Å². The summed E-state index contributed by atoms with van der Waals surface area (Å²) in [6.07, 6.45) is -1.62. The van der Waals surface area contributed by atoms with Gasteiger partial charge in [0.25, 0.3) is 0 Å². The zero-order valence-electron chi connectivity index (χ0n) is 15.7. The number of urea groups is 1. The highest BCUT2D eigenvalue weighted by atomic mass is 32.2. The Balaban J connectivity index is 1.71. The summed E-state index contributed by atoms with van der Waals surface area (Å²) in [6.45, 7) is 0.505. The van der Waals surface area contributed by atoms with Crippen LogP contribution in [0.3, 0.4) is 0 Å². The molecule has 0 spiro atoms. The van der Waals surface area contributed by atoms with Crippen LogP contribution in [-0.2, 0) is 14.8 Å². The number of carbonyl (C=O) groups excluding carboxylic acids is 2. The fourth-order valence-electron chi connectivity index (χ4n) is 2.71. The minimum Gasteiger partial charge on any atom is -0.469 e. The van der Waals surface area contributed by atoms with Gasteiger partial charge in [0.2, 0.25) is 15.9 Å². The smallest absolute Gasteiger partial charge is 0.422 e. The van der Waals surface area contributed by atoms with Gasteiger partial charge in [-0.25, -0.2) is 17.9 Å². The number of H-pyrrole nitrogens is 1. The van der Waals surface area contributed by atoms with Crippen molar-refractivity contribution in [2.75, 3.05) is 25.4 Å². The predicted molar refractivity (Wildman–Crippen MR) is 96.6 cm³/mol. The van der Waals surface area contributed by atoms with Crippen molar-refractivity contribution in [1.29, 1.82) is 0 Å². The molecular formula is C16H23F3N4O5S. The Morgan fingerprint density at radius 3 is 2.62 bits per heavy atom. The quantitative estimate of drug-likeness (QED) is 0.357. The summed E-state index contributed by atoms with van der Waals surface area (Å²) in [6, 6.07) is 0.211. The molecule has 29 heavy (non-hydrogen) atoms. The van der Waals surface area contributed by atoms with E-state index in [1.165, 1.54) is 17.2 Å². The molecule has 9 nitrogen and oxygen atoms in total. The standard InChI is InChI=1S/C16H23F3N4O5S/c1-11(12-7-14(20-8-12)28-10-16(17,18)19)22-29(26,27)6-4-2-3-5-23-9-13(24)21-15(23)25/h7-8,11,20,22H,2-6,9-10H2,1H3,(H,21,24,25). The highest BCUT2D eigenvalue weighted by Gasteiger charge is 2.29. The summed E-state index contributed by atoms with van der Waals surface area (Å²) < 4.78 is 67.8. The van der Waals surface area contributed by atoms with Gasteiger partial charge in [-0.1, -0.05) is 6.42 Å². The summed E-state index contributed by atoms with van der Waals surface area (Å²) >= 11 is 0. The molecule has 0 radical (unpaired) electrons. The Hall–Kier alpha value is -2.28. The third-order valence-electron chi connectivity index (χ3n) is 4.14. The third kappa shape index (κ3) is 7.93. The predicted octanol–water partition coefficient (Wildman–Crippen LogP) is 1.66. The molecule has 1 aliphatic rings. The number of unbranched alkanes of at least 4 members (excludes halogenated alkanes) is 2. The van der Waals surface area contributed by atoms with E-state index in [9.17, 15) is 31.2 Å². The first-order valence-corrected chi connectivity index (χ1v) is 10.6. The van der Waals surface area contributed by atoms with E-state index in [0.717, 1.165) is 0 Å². The minimum atomic E-state index is -4.47. The molecular weight excluding hydrogens is 417 g/mol. The molecule has 0 aliphatic carbocycles. The lowest BCUT2D eigenvalue weighted by Gasteiger charge is -2.14. The maximum Gasteiger partial charge on any atom is 0.422 e. The second-order valence-electron chi connectivity index (χ2n) is 6.70. The zero-order valence-corrected chi connectivity index (χ0v) is 16.5. The molecule has 3 amide bonds. The average molecular weight is 440 g/mol. The van der Waals surface area contributed by atoms with E-state index < -0.39 is 34.9 Å². The Bertz CT molecular complexity index is 825. The number of hydrogen-bond donors (Lipinski definition) is 3. The van der Waals surface area contributed by atoms with Crippen LogP contribution in [0.25, 0.3) is 0 Å². The van der Waals surface area contributed by atoms with Gasteiger partial charge in [-0.15, -0.1) is 0 Å². The number of sulfonamides is 1. The van der Waals surface area contributed by atoms with Crippen LogP contribution in [0.15, 0.2) is 12.3 Å². The number of aromatic nitrogens is 1. The lowest BCUT2D eigenvalue weighted by molar-refractivity contribution is -0.154. The molecule has 1 fully saturated rings. The number of rotatable bonds is 11. The van der Waals surface area contributed by atoms with Crippen molar-refractivity contribution in [1.82, 2.24) is 19.9 Å². The highest BCUT2D eigenvalue weighted by molar-refractivity contribution is 7.89. The van der Waals surface area contributed by atoms with Crippen LogP contribution >= 0.6 is 0 Å². The summed E-state index contributed by atoms with van der Waals surface area (Å²) in [5, 5.41) is 2.16. The van der Waals surface area contributed by atoms with Crippen molar-refractivity contribution in [3.05, 3.63) is 17.8 Å². The van der Waals surface area contributed by atoms with Gasteiger partial charge in [0.05, 0.1) is 5.75 Å². The van der Waals surface area contributed by atoms with Gasteiger partial charge in [-0.3, -0.25) is 10.1 Å². The SMILES string of the molecule is CC(NS(=O)(=O)CCCCCN1CC(=O)NC1=O)c1c[nH]c(OCC(F)(F)F)c1. The second kappa shape index (κ2) is 9.48. The van der Waals surface area contributed by atoms with E-state index in [1.54, 1.807) is 6.92 Å². The average Bonchev–Trinajstić information content (AvgIpc) is 3.18. The molecule has 13 heteroatoms. The largest absolute Gasteiger partial charge is 0.469 e. The number of alkyl halides is 3. The number of nitrogens with zero attached hydrogens (tertiary/aromatic N) is 1. The van der Waals surface area contributed by atoms with Crippen molar-refractivity contribution in [2.24, 2.45) is 0 Å². The van der Waals surface area contributed by atoms with E-state index in [-0.39, 0.29) is 24.1 Å². The summed E-state index contributed by atoms with van der Waals surface area (Å²) in [5.74, 6) is -0.593. The summed E-state index contributed by atoms with van der Waals surface area (Å²) in [7, 11) is -3.61. The van der Waals surface area contributed by atoms with Crippen molar-refractivity contribution >= 4 is 22.0 Å². The van der Waals surface area contributed by atoms with Gasteiger partial charge in [0, 0.05) is 24.8 Å². The van der Waals surface area contributed by atoms with Gasteiger partial charge in [0.1, 0.15) is 6.54 Å². The first kappa shape index (κ1) is 23.0. The number of nitrogens with one attached hydrogen (secondary N) is 3. The molecule has 1 atom stereocenters. The normalized spacial score (nSPS) is 16.2. The van der Waals surface area contributed by atoms with Crippen LogP contribution in [0.2, 0.25) is 0 Å². The van der Waals surface area contributed by atoms with E-state index in [0.29, 0.717) is 31.4 Å². The van der Waals surface area contributed by atoms with Crippen LogP contribution < -0.4 is 14.8 Å². The highest BCUT2D eigenvalue weighted by Crippen LogP contribution is 2.22. The second-order valence-corrected chi connectivity index (χ2v) is 8.57. The molecule has 0 saturated carbocycles. The summed E-state index contributed by atoms with van der Waals surface area (Å²) in [4.78, 5) is 26.3. The van der Waals surface area contributed by atoms with E-state index in [2.05, 4.69) is 19.8 Å². The summed E-state index contributed by atoms with van der Waals surface area (Å²) in [5.41, 5.74) is 0.440. The van der Waals surface area contributed by atoms with E-state index in [1.807, 2.05) is 0 Å².